The van der Waals surface area contributed by atoms with Crippen LogP contribution in [0.5, 0.6) is 5.75 Å². The topological polar surface area (TPSA) is 232 Å². The largest absolute Gasteiger partial charge is 0.510 e. The SMILES string of the molecule is CN(C)[C@@H]1C(O)=C(C(=O)NC(C(=O)O)N2CCN(CCO)CC2)C(=O)[C@@]2(O)C(O)=C3C(=O)c4c(O)cccc4[C@@](C)(O)[C@H]3C[C@@H]12. The van der Waals surface area contributed by atoms with E-state index in [0.717, 1.165) is 0 Å². The van der Waals surface area contributed by atoms with Gasteiger partial charge in [0.05, 0.1) is 23.8 Å². The zero-order valence-corrected chi connectivity index (χ0v) is 25.1. The number of aliphatic hydroxyl groups excluding tert-OH is 3. The molecular weight excluding hydrogens is 592 g/mol. The van der Waals surface area contributed by atoms with Gasteiger partial charge in [0.15, 0.2) is 17.6 Å². The van der Waals surface area contributed by atoms with Gasteiger partial charge in [-0.05, 0) is 39.1 Å². The third-order valence-corrected chi connectivity index (χ3v) is 9.69. The van der Waals surface area contributed by atoms with Crippen LogP contribution in [0.25, 0.3) is 0 Å². The zero-order valence-electron chi connectivity index (χ0n) is 25.1. The van der Waals surface area contributed by atoms with Crippen LogP contribution in [0, 0.1) is 11.8 Å². The van der Waals surface area contributed by atoms with Crippen molar-refractivity contribution in [3.05, 3.63) is 52.0 Å². The average molecular weight is 631 g/mol. The molecule has 1 fully saturated rings. The van der Waals surface area contributed by atoms with Gasteiger partial charge < -0.3 is 41.1 Å². The Morgan fingerprint density at radius 3 is 2.31 bits per heavy atom. The van der Waals surface area contributed by atoms with Gasteiger partial charge in [0, 0.05) is 50.1 Å². The van der Waals surface area contributed by atoms with Gasteiger partial charge in [-0.15, -0.1) is 0 Å². The van der Waals surface area contributed by atoms with Crippen LogP contribution >= 0.6 is 0 Å². The lowest BCUT2D eigenvalue weighted by Gasteiger charge is -2.52. The van der Waals surface area contributed by atoms with Crippen LogP contribution in [0.15, 0.2) is 40.9 Å². The minimum atomic E-state index is -2.93. The fraction of sp³-hybridized carbons (Fsp3) is 0.533. The lowest BCUT2D eigenvalue weighted by atomic mass is 9.55. The first-order valence-electron chi connectivity index (χ1n) is 14.6. The number of piperazine rings is 1. The maximum Gasteiger partial charge on any atom is 0.341 e. The molecule has 1 amide bonds. The van der Waals surface area contributed by atoms with Crippen LogP contribution in [0.2, 0.25) is 0 Å². The van der Waals surface area contributed by atoms with E-state index in [1.807, 2.05) is 4.90 Å². The van der Waals surface area contributed by atoms with E-state index < -0.39 is 87.1 Å². The van der Waals surface area contributed by atoms with Crippen molar-refractivity contribution in [1.29, 1.82) is 0 Å². The summed E-state index contributed by atoms with van der Waals surface area (Å²) in [5.41, 5.74) is -6.51. The number of Topliss-reactive ketones (excluding diaryl/α,β-unsaturated/α-hetero) is 2. The quantitative estimate of drug-likeness (QED) is 0.159. The van der Waals surface area contributed by atoms with Gasteiger partial charge in [-0.2, -0.15) is 0 Å². The van der Waals surface area contributed by atoms with Crippen molar-refractivity contribution in [3.8, 4) is 5.75 Å². The van der Waals surface area contributed by atoms with Gasteiger partial charge in [0.25, 0.3) is 5.91 Å². The highest BCUT2D eigenvalue weighted by Crippen LogP contribution is 2.56. The number of nitrogens with zero attached hydrogens (tertiary/aromatic N) is 3. The van der Waals surface area contributed by atoms with E-state index in [-0.39, 0.29) is 37.2 Å². The number of hydrogen-bond donors (Lipinski definition) is 8. The number of carboxylic acid groups (broad SMARTS) is 1. The molecule has 15 heteroatoms. The van der Waals surface area contributed by atoms with E-state index in [1.165, 1.54) is 49.0 Å². The number of carboxylic acids is 1. The third-order valence-electron chi connectivity index (χ3n) is 9.69. The van der Waals surface area contributed by atoms with Crippen molar-refractivity contribution in [2.75, 3.05) is 53.4 Å². The Bertz CT molecular complexity index is 1510. The van der Waals surface area contributed by atoms with Crippen LogP contribution in [0.3, 0.4) is 0 Å². The average Bonchev–Trinajstić information content (AvgIpc) is 2.97. The van der Waals surface area contributed by atoms with Crippen molar-refractivity contribution < 1.29 is 54.9 Å². The number of ketones is 2. The Kier molecular flexibility index (Phi) is 8.31. The Balaban J connectivity index is 1.56. The number of fused-ring (bicyclic) bond motifs is 3. The summed E-state index contributed by atoms with van der Waals surface area (Å²) in [5, 5.41) is 78.6. The normalized spacial score (nSPS) is 31.4. The van der Waals surface area contributed by atoms with E-state index in [9.17, 15) is 54.9 Å². The molecular formula is C30H38N4O11. The summed E-state index contributed by atoms with van der Waals surface area (Å²) in [4.78, 5) is 58.4. The standard InChI is InChI=1S/C30H38N4O11/c1-29(44)14-5-4-6-17(36)18(14)22(37)19-15(29)13-16-21(32(2)3)23(38)20(25(40)30(16,45)24(19)39)27(41)31-26(28(42)43)34-9-7-33(8-10-34)11-12-35/h4-6,15-16,21,26,35-36,38-39,44-45H,7-13H2,1-3H3,(H,31,41)(H,42,43)/t15-,16-,21-,26?,29+,30-/m0/s1. The number of aliphatic carboxylic acids is 1. The molecule has 5 rings (SSSR count). The van der Waals surface area contributed by atoms with E-state index in [0.29, 0.717) is 19.6 Å². The predicted molar refractivity (Wildman–Crippen MR) is 155 cm³/mol. The van der Waals surface area contributed by atoms with Crippen molar-refractivity contribution >= 4 is 23.4 Å². The fourth-order valence-corrected chi connectivity index (χ4v) is 7.38. The van der Waals surface area contributed by atoms with Crippen LogP contribution in [0.1, 0.15) is 29.3 Å². The van der Waals surface area contributed by atoms with E-state index in [1.54, 1.807) is 0 Å². The molecule has 1 aromatic rings. The van der Waals surface area contributed by atoms with Gasteiger partial charge in [-0.1, -0.05) is 12.1 Å². The molecule has 1 aliphatic heterocycles. The highest BCUT2D eigenvalue weighted by atomic mass is 16.4. The molecule has 1 heterocycles. The molecule has 0 aromatic heterocycles. The summed E-state index contributed by atoms with van der Waals surface area (Å²) in [7, 11) is 2.98. The number of likely N-dealkylation sites (N-methyl/N-ethyl adjacent to an activating group) is 1. The van der Waals surface area contributed by atoms with Crippen molar-refractivity contribution in [2.24, 2.45) is 11.8 Å². The maximum atomic E-state index is 14.1. The Hall–Kier alpha value is -3.86. The molecule has 1 aromatic carbocycles. The number of amides is 1. The van der Waals surface area contributed by atoms with Crippen molar-refractivity contribution in [2.45, 2.75) is 36.8 Å². The van der Waals surface area contributed by atoms with Gasteiger partial charge >= 0.3 is 5.97 Å². The third kappa shape index (κ3) is 4.90. The first kappa shape index (κ1) is 32.5. The Morgan fingerprint density at radius 2 is 1.73 bits per heavy atom. The minimum Gasteiger partial charge on any atom is -0.510 e. The highest BCUT2D eigenvalue weighted by molar-refractivity contribution is 6.25. The van der Waals surface area contributed by atoms with Crippen molar-refractivity contribution in [1.82, 2.24) is 20.0 Å². The zero-order chi connectivity index (χ0) is 33.2. The number of hydrogen-bond acceptors (Lipinski definition) is 13. The molecule has 15 nitrogen and oxygen atoms in total. The van der Waals surface area contributed by atoms with Crippen molar-refractivity contribution in [3.63, 3.8) is 0 Å². The predicted octanol–water partition coefficient (Wildman–Crippen LogP) is -1.56. The number of phenols is 1. The molecule has 1 unspecified atom stereocenters. The highest BCUT2D eigenvalue weighted by Gasteiger charge is 2.65. The van der Waals surface area contributed by atoms with Crippen LogP contribution in [-0.2, 0) is 20.0 Å². The molecule has 0 spiro atoms. The number of β-amino-alcohol motifs (C(OH)–C–C–N with tert-alkyl or cyclic N) is 1. The number of aromatic hydroxyl groups is 1. The smallest absolute Gasteiger partial charge is 0.341 e. The molecule has 6 atom stereocenters. The molecule has 0 saturated carbocycles. The molecule has 244 valence electrons. The number of aliphatic hydroxyl groups is 5. The lowest BCUT2D eigenvalue weighted by Crippen LogP contribution is -2.66. The summed E-state index contributed by atoms with van der Waals surface area (Å²) in [6.45, 7) is 2.89. The first-order chi connectivity index (χ1) is 21.1. The van der Waals surface area contributed by atoms with Gasteiger partial charge in [0.1, 0.15) is 22.8 Å². The van der Waals surface area contributed by atoms with Gasteiger partial charge in [0.2, 0.25) is 5.78 Å². The van der Waals surface area contributed by atoms with E-state index >= 15 is 0 Å². The number of benzene rings is 1. The Morgan fingerprint density at radius 1 is 1.09 bits per heavy atom. The van der Waals surface area contributed by atoms with Crippen LogP contribution in [-0.4, -0.2) is 145 Å². The molecule has 3 aliphatic carbocycles. The minimum absolute atomic E-state index is 0.0772. The maximum absolute atomic E-state index is 14.1. The summed E-state index contributed by atoms with van der Waals surface area (Å²) in [5.74, 6) is -10.0. The number of carbonyl (C=O) groups is 4. The first-order valence-corrected chi connectivity index (χ1v) is 14.6. The fourth-order valence-electron chi connectivity index (χ4n) is 7.38. The van der Waals surface area contributed by atoms with E-state index in [4.69, 9.17) is 0 Å². The number of phenolic OH excluding ortho intramolecular Hbond substituents is 1. The molecule has 1 saturated heterocycles. The molecule has 0 radical (unpaired) electrons. The van der Waals surface area contributed by atoms with Gasteiger partial charge in [-0.3, -0.25) is 29.1 Å². The van der Waals surface area contributed by atoms with E-state index in [2.05, 4.69) is 5.32 Å². The summed E-state index contributed by atoms with van der Waals surface area (Å²) in [6, 6.07) is 2.81. The molecule has 0 bridgehead atoms. The second kappa shape index (κ2) is 11.5. The second-order valence-corrected chi connectivity index (χ2v) is 12.4. The van der Waals surface area contributed by atoms with Crippen LogP contribution < -0.4 is 5.32 Å². The Labute approximate surface area is 258 Å². The number of rotatable bonds is 7. The lowest BCUT2D eigenvalue weighted by molar-refractivity contribution is -0.154. The van der Waals surface area contributed by atoms with Gasteiger partial charge in [-0.25, -0.2) is 4.79 Å². The summed E-state index contributed by atoms with van der Waals surface area (Å²) < 4.78 is 0. The summed E-state index contributed by atoms with van der Waals surface area (Å²) in [6.07, 6.45) is -1.92. The second-order valence-electron chi connectivity index (χ2n) is 12.4. The molecule has 45 heavy (non-hydrogen) atoms. The number of nitrogens with one attached hydrogen (secondary N) is 1. The summed E-state index contributed by atoms with van der Waals surface area (Å²) >= 11 is 0. The molecule has 8 N–H and O–H groups in total. The van der Waals surface area contributed by atoms with Crippen LogP contribution in [0.4, 0.5) is 0 Å². The monoisotopic (exact) mass is 630 g/mol. The number of carbonyl (C=O) groups excluding carboxylic acids is 3. The molecule has 4 aliphatic rings.